The summed E-state index contributed by atoms with van der Waals surface area (Å²) >= 11 is 0. The van der Waals surface area contributed by atoms with Crippen molar-refractivity contribution in [2.45, 2.75) is 19.1 Å². The van der Waals surface area contributed by atoms with Gasteiger partial charge < -0.3 is 36.9 Å². The third-order valence-electron chi connectivity index (χ3n) is 4.96. The Morgan fingerprint density at radius 3 is 2.58 bits per heavy atom. The summed E-state index contributed by atoms with van der Waals surface area (Å²) < 4.78 is 15.1. The number of hydrogen-bond donors (Lipinski definition) is 2. The minimum atomic E-state index is -0.620. The molecule has 0 aliphatic rings. The number of aryl methyl sites for hydroxylation is 2. The maximum Gasteiger partial charge on any atom is 0.332 e. The van der Waals surface area contributed by atoms with E-state index in [2.05, 4.69) is 4.98 Å². The third-order valence-corrected chi connectivity index (χ3v) is 4.96. The van der Waals surface area contributed by atoms with E-state index in [0.717, 1.165) is 17.5 Å². The number of aliphatic hydroxyl groups excluding tert-OH is 1. The first-order valence-corrected chi connectivity index (χ1v) is 9.80. The SMILES string of the molecule is COc1ccccc1OCC(O)C[NH2+]CCCn1cnc2c1c(=O)n(C)c(=O)n2C.[Cl-]. The highest BCUT2D eigenvalue weighted by atomic mass is 35.5. The Morgan fingerprint density at radius 2 is 1.87 bits per heavy atom. The zero-order valence-electron chi connectivity index (χ0n) is 17.8. The number of para-hydroxylation sites is 2. The zero-order valence-corrected chi connectivity index (χ0v) is 18.6. The fourth-order valence-electron chi connectivity index (χ4n) is 3.27. The molecule has 0 amide bonds. The average molecular weight is 454 g/mol. The number of nitrogens with two attached hydrogens (primary N) is 1. The first-order valence-electron chi connectivity index (χ1n) is 9.80. The van der Waals surface area contributed by atoms with Gasteiger partial charge in [0, 0.05) is 27.1 Å². The van der Waals surface area contributed by atoms with Crippen LogP contribution in [0, 0.1) is 0 Å². The smallest absolute Gasteiger partial charge is 0.332 e. The predicted molar refractivity (Wildman–Crippen MR) is 111 cm³/mol. The standard InChI is InChI=1S/C20H27N5O5.ClH/c1-23-18-17(19(27)24(2)20(23)28)25(13-22-18)10-6-9-21-11-14(26)12-30-16-8-5-4-7-15(16)29-3;/h4-5,7-8,13-14,21,26H,6,9-12H2,1-3H3;1H. The number of aromatic nitrogens is 4. The Hall–Kier alpha value is -2.82. The third kappa shape index (κ3) is 5.46. The molecule has 1 unspecified atom stereocenters. The van der Waals surface area contributed by atoms with Crippen molar-refractivity contribution in [3.8, 4) is 11.5 Å². The van der Waals surface area contributed by atoms with Crippen LogP contribution in [-0.2, 0) is 20.6 Å². The highest BCUT2D eigenvalue weighted by molar-refractivity contribution is 5.69. The largest absolute Gasteiger partial charge is 1.00 e. The van der Waals surface area contributed by atoms with Crippen LogP contribution in [0.25, 0.3) is 11.2 Å². The van der Waals surface area contributed by atoms with Crippen LogP contribution in [0.5, 0.6) is 11.5 Å². The van der Waals surface area contributed by atoms with Gasteiger partial charge in [0.1, 0.15) is 19.3 Å². The molecule has 0 saturated heterocycles. The molecule has 3 aromatic rings. The topological polar surface area (TPSA) is 117 Å². The molecule has 0 saturated carbocycles. The Kier molecular flexibility index (Phi) is 8.66. The van der Waals surface area contributed by atoms with Crippen molar-refractivity contribution in [3.05, 3.63) is 51.4 Å². The lowest BCUT2D eigenvalue weighted by molar-refractivity contribution is -0.661. The van der Waals surface area contributed by atoms with Crippen LogP contribution in [0.1, 0.15) is 6.42 Å². The molecule has 3 rings (SSSR count). The number of fused-ring (bicyclic) bond motifs is 1. The summed E-state index contributed by atoms with van der Waals surface area (Å²) in [5, 5.41) is 12.1. The average Bonchev–Trinajstić information content (AvgIpc) is 3.18. The molecule has 2 aromatic heterocycles. The molecule has 0 bridgehead atoms. The molecule has 1 atom stereocenters. The number of nitrogens with zero attached hydrogens (tertiary/aromatic N) is 4. The van der Waals surface area contributed by atoms with E-state index in [0.29, 0.717) is 35.8 Å². The summed E-state index contributed by atoms with van der Waals surface area (Å²) in [7, 11) is 4.64. The Labute approximate surface area is 185 Å². The molecule has 1 aromatic carbocycles. The van der Waals surface area contributed by atoms with Gasteiger partial charge in [-0.05, 0) is 12.1 Å². The lowest BCUT2D eigenvalue weighted by Gasteiger charge is -2.13. The van der Waals surface area contributed by atoms with Crippen molar-refractivity contribution in [2.24, 2.45) is 14.1 Å². The fourth-order valence-corrected chi connectivity index (χ4v) is 3.27. The predicted octanol–water partition coefficient (Wildman–Crippen LogP) is -4.16. The summed E-state index contributed by atoms with van der Waals surface area (Å²) in [6, 6.07) is 7.31. The second-order valence-corrected chi connectivity index (χ2v) is 7.10. The molecule has 0 spiro atoms. The van der Waals surface area contributed by atoms with Gasteiger partial charge in [-0.1, -0.05) is 12.1 Å². The number of quaternary nitrogens is 1. The molecule has 170 valence electrons. The van der Waals surface area contributed by atoms with Crippen LogP contribution in [0.15, 0.2) is 40.2 Å². The van der Waals surface area contributed by atoms with Crippen LogP contribution in [0.4, 0.5) is 0 Å². The molecule has 3 N–H and O–H groups in total. The minimum absolute atomic E-state index is 0. The Bertz CT molecular complexity index is 1120. The van der Waals surface area contributed by atoms with E-state index in [1.807, 2.05) is 17.4 Å². The number of aliphatic hydroxyl groups is 1. The van der Waals surface area contributed by atoms with Crippen molar-refractivity contribution in [1.82, 2.24) is 18.7 Å². The van der Waals surface area contributed by atoms with Gasteiger partial charge in [-0.3, -0.25) is 13.9 Å². The summed E-state index contributed by atoms with van der Waals surface area (Å²) in [5.41, 5.74) is 0.0646. The molecule has 31 heavy (non-hydrogen) atoms. The van der Waals surface area contributed by atoms with E-state index in [-0.39, 0.29) is 24.6 Å². The quantitative estimate of drug-likeness (QED) is 0.301. The maximum atomic E-state index is 12.4. The van der Waals surface area contributed by atoms with E-state index in [1.165, 1.54) is 11.6 Å². The van der Waals surface area contributed by atoms with E-state index in [9.17, 15) is 14.7 Å². The highest BCUT2D eigenvalue weighted by Gasteiger charge is 2.14. The van der Waals surface area contributed by atoms with Gasteiger partial charge in [0.15, 0.2) is 22.7 Å². The number of hydrogen-bond acceptors (Lipinski definition) is 6. The van der Waals surface area contributed by atoms with Crippen LogP contribution in [0.2, 0.25) is 0 Å². The van der Waals surface area contributed by atoms with Gasteiger partial charge >= 0.3 is 5.69 Å². The van der Waals surface area contributed by atoms with Gasteiger partial charge in [-0.2, -0.15) is 0 Å². The number of methoxy groups -OCH3 is 1. The van der Waals surface area contributed by atoms with E-state index < -0.39 is 11.8 Å². The van der Waals surface area contributed by atoms with E-state index in [1.54, 1.807) is 37.2 Å². The van der Waals surface area contributed by atoms with E-state index in [4.69, 9.17) is 9.47 Å². The summed E-state index contributed by atoms with van der Waals surface area (Å²) in [6.07, 6.45) is 1.74. The number of rotatable bonds is 10. The highest BCUT2D eigenvalue weighted by Crippen LogP contribution is 2.25. The van der Waals surface area contributed by atoms with Crippen molar-refractivity contribution in [2.75, 3.05) is 26.8 Å². The van der Waals surface area contributed by atoms with Gasteiger partial charge in [0.05, 0.1) is 20.0 Å². The first-order chi connectivity index (χ1) is 14.4. The Morgan fingerprint density at radius 1 is 1.16 bits per heavy atom. The molecular weight excluding hydrogens is 426 g/mol. The molecule has 0 aliphatic heterocycles. The normalized spacial score (nSPS) is 11.9. The van der Waals surface area contributed by atoms with Crippen LogP contribution < -0.4 is 38.4 Å². The molecule has 0 fully saturated rings. The van der Waals surface area contributed by atoms with Crippen molar-refractivity contribution in [1.29, 1.82) is 0 Å². The second-order valence-electron chi connectivity index (χ2n) is 7.10. The van der Waals surface area contributed by atoms with Gasteiger partial charge in [-0.25, -0.2) is 9.78 Å². The minimum Gasteiger partial charge on any atom is -1.00 e. The van der Waals surface area contributed by atoms with E-state index >= 15 is 0 Å². The molecule has 10 nitrogen and oxygen atoms in total. The zero-order chi connectivity index (χ0) is 21.7. The summed E-state index contributed by atoms with van der Waals surface area (Å²) in [4.78, 5) is 28.6. The van der Waals surface area contributed by atoms with Gasteiger partial charge in [0.2, 0.25) is 0 Å². The molecule has 0 radical (unpaired) electrons. The number of halogens is 1. The second kappa shape index (κ2) is 11.0. The summed E-state index contributed by atoms with van der Waals surface area (Å²) in [5.74, 6) is 1.23. The lowest BCUT2D eigenvalue weighted by atomic mass is 10.3. The fraction of sp³-hybridized carbons (Fsp3) is 0.450. The Balaban J connectivity index is 0.00000341. The van der Waals surface area contributed by atoms with Crippen LogP contribution >= 0.6 is 0 Å². The van der Waals surface area contributed by atoms with Crippen molar-refractivity contribution >= 4 is 11.2 Å². The maximum absolute atomic E-state index is 12.4. The number of imidazole rings is 1. The molecular formula is C20H28ClN5O5. The molecule has 0 aliphatic carbocycles. The monoisotopic (exact) mass is 453 g/mol. The first kappa shape index (κ1) is 24.4. The molecule has 11 heteroatoms. The van der Waals surface area contributed by atoms with Gasteiger partial charge in [-0.15, -0.1) is 0 Å². The van der Waals surface area contributed by atoms with Crippen LogP contribution in [-0.4, -0.2) is 56.7 Å². The van der Waals surface area contributed by atoms with Crippen molar-refractivity contribution < 1.29 is 32.3 Å². The van der Waals surface area contributed by atoms with Gasteiger partial charge in [0.25, 0.3) is 5.56 Å². The lowest BCUT2D eigenvalue weighted by Crippen LogP contribution is -3.00. The van der Waals surface area contributed by atoms with Crippen LogP contribution in [0.3, 0.4) is 0 Å². The molecule has 2 heterocycles. The number of ether oxygens (including phenoxy) is 2. The summed E-state index contributed by atoms with van der Waals surface area (Å²) in [6.45, 7) is 2.02. The van der Waals surface area contributed by atoms with Crippen molar-refractivity contribution in [3.63, 3.8) is 0 Å². The number of benzene rings is 1.